The number of rotatable bonds is 7. The zero-order chi connectivity index (χ0) is 29.4. The molecule has 0 radical (unpaired) electrons. The molecule has 8 heteroatoms. The van der Waals surface area contributed by atoms with Crippen molar-refractivity contribution >= 4 is 40.0 Å². The van der Waals surface area contributed by atoms with E-state index in [4.69, 9.17) is 14.5 Å². The minimum atomic E-state index is -0.734. The summed E-state index contributed by atoms with van der Waals surface area (Å²) in [5.41, 5.74) is 5.30. The summed E-state index contributed by atoms with van der Waals surface area (Å²) in [5.74, 6) is 0.211. The number of hydrogen-bond acceptors (Lipinski definition) is 6. The van der Waals surface area contributed by atoms with Crippen LogP contribution in [0.15, 0.2) is 94.2 Å². The van der Waals surface area contributed by atoms with Gasteiger partial charge in [-0.25, -0.2) is 9.79 Å². The predicted molar refractivity (Wildman–Crippen MR) is 166 cm³/mol. The number of aromatic nitrogens is 2. The number of para-hydroxylation sites is 1. The van der Waals surface area contributed by atoms with Crippen LogP contribution in [0.4, 0.5) is 0 Å². The third-order valence-electron chi connectivity index (χ3n) is 7.60. The van der Waals surface area contributed by atoms with E-state index in [-0.39, 0.29) is 12.2 Å². The number of esters is 1. The van der Waals surface area contributed by atoms with Crippen molar-refractivity contribution in [2.75, 3.05) is 13.2 Å². The molecule has 0 saturated carbocycles. The standard InChI is InChI=1S/C34H31N3O4S/c1-5-40-24-18-16-23(17-19-24)31-29(33(39)41-6-2)30(22-12-8-7-9-13-22)35-34-37(31)32(38)28(42-34)20-26-21(3)36(4)27-15-11-10-14-25(26)27/h7-20,31H,5-6H2,1-4H3/b28-20-/t31-/m1/s1. The SMILES string of the molecule is CCOC(=O)C1=C(c2ccccc2)N=c2s/c(=C\c3c(C)n(C)c4ccccc34)c(=O)n2[C@@H]1c1ccc(OCC)cc1. The molecule has 5 aromatic rings. The minimum absolute atomic E-state index is 0.200. The van der Waals surface area contributed by atoms with Crippen LogP contribution in [0.5, 0.6) is 5.75 Å². The van der Waals surface area contributed by atoms with E-state index in [1.165, 1.54) is 11.3 Å². The Labute approximate surface area is 247 Å². The van der Waals surface area contributed by atoms with Gasteiger partial charge in [0.2, 0.25) is 0 Å². The number of hydrogen-bond donors (Lipinski definition) is 0. The zero-order valence-electron chi connectivity index (χ0n) is 24.0. The van der Waals surface area contributed by atoms with E-state index in [0.717, 1.165) is 33.3 Å². The number of benzene rings is 3. The van der Waals surface area contributed by atoms with Crippen LogP contribution in [0.3, 0.4) is 0 Å². The summed E-state index contributed by atoms with van der Waals surface area (Å²) in [6.07, 6.45) is 1.95. The fourth-order valence-corrected chi connectivity index (χ4v) is 6.51. The van der Waals surface area contributed by atoms with Crippen LogP contribution < -0.4 is 19.6 Å². The molecule has 0 saturated heterocycles. The number of thiazole rings is 1. The van der Waals surface area contributed by atoms with Gasteiger partial charge in [0, 0.05) is 34.8 Å². The second-order valence-corrected chi connectivity index (χ2v) is 11.0. The molecule has 0 spiro atoms. The Balaban J connectivity index is 1.65. The van der Waals surface area contributed by atoms with Gasteiger partial charge in [-0.1, -0.05) is 72.0 Å². The highest BCUT2D eigenvalue weighted by Crippen LogP contribution is 2.36. The molecule has 7 nitrogen and oxygen atoms in total. The molecule has 0 fully saturated rings. The molecule has 3 aromatic carbocycles. The lowest BCUT2D eigenvalue weighted by Crippen LogP contribution is -2.40. The van der Waals surface area contributed by atoms with Gasteiger partial charge in [0.1, 0.15) is 5.75 Å². The highest BCUT2D eigenvalue weighted by molar-refractivity contribution is 7.07. The van der Waals surface area contributed by atoms with Gasteiger partial charge in [-0.3, -0.25) is 9.36 Å². The van der Waals surface area contributed by atoms with Crippen molar-refractivity contribution in [2.24, 2.45) is 12.0 Å². The summed E-state index contributed by atoms with van der Waals surface area (Å²) in [6, 6.07) is 24.5. The highest BCUT2D eigenvalue weighted by Gasteiger charge is 2.35. The lowest BCUT2D eigenvalue weighted by atomic mass is 9.93. The summed E-state index contributed by atoms with van der Waals surface area (Å²) < 4.78 is 15.5. The zero-order valence-corrected chi connectivity index (χ0v) is 24.8. The van der Waals surface area contributed by atoms with Gasteiger partial charge in [-0.2, -0.15) is 0 Å². The van der Waals surface area contributed by atoms with Crippen molar-refractivity contribution in [1.82, 2.24) is 9.13 Å². The fourth-order valence-electron chi connectivity index (χ4n) is 5.53. The third-order valence-corrected chi connectivity index (χ3v) is 8.59. The van der Waals surface area contributed by atoms with Crippen molar-refractivity contribution in [3.8, 4) is 5.75 Å². The van der Waals surface area contributed by atoms with E-state index >= 15 is 0 Å². The normalized spacial score (nSPS) is 15.0. The van der Waals surface area contributed by atoms with Crippen LogP contribution in [0.25, 0.3) is 22.7 Å². The van der Waals surface area contributed by atoms with Gasteiger partial charge < -0.3 is 14.0 Å². The van der Waals surface area contributed by atoms with Gasteiger partial charge in [-0.15, -0.1) is 0 Å². The van der Waals surface area contributed by atoms with Crippen molar-refractivity contribution in [1.29, 1.82) is 0 Å². The van der Waals surface area contributed by atoms with Gasteiger partial charge >= 0.3 is 5.97 Å². The van der Waals surface area contributed by atoms with Crippen LogP contribution in [0, 0.1) is 6.92 Å². The molecule has 0 bridgehead atoms. The smallest absolute Gasteiger partial charge is 0.338 e. The molecular weight excluding hydrogens is 546 g/mol. The third kappa shape index (κ3) is 4.67. The molecule has 0 N–H and O–H groups in total. The summed E-state index contributed by atoms with van der Waals surface area (Å²) in [7, 11) is 2.03. The summed E-state index contributed by atoms with van der Waals surface area (Å²) in [5, 5.41) is 1.07. The Bertz CT molecular complexity index is 2020. The Morgan fingerprint density at radius 3 is 2.40 bits per heavy atom. The average Bonchev–Trinajstić information content (AvgIpc) is 3.45. The summed E-state index contributed by atoms with van der Waals surface area (Å²) in [6.45, 7) is 6.49. The Hall–Kier alpha value is -4.69. The van der Waals surface area contributed by atoms with Crippen LogP contribution in [0.2, 0.25) is 0 Å². The monoisotopic (exact) mass is 577 g/mol. The first kappa shape index (κ1) is 27.5. The molecule has 0 amide bonds. The quantitative estimate of drug-likeness (QED) is 0.251. The van der Waals surface area contributed by atoms with Crippen LogP contribution >= 0.6 is 11.3 Å². The Morgan fingerprint density at radius 2 is 1.69 bits per heavy atom. The lowest BCUT2D eigenvalue weighted by Gasteiger charge is -2.26. The maximum Gasteiger partial charge on any atom is 0.338 e. The maximum absolute atomic E-state index is 14.3. The number of fused-ring (bicyclic) bond motifs is 2. The number of ether oxygens (including phenoxy) is 2. The number of aryl methyl sites for hydroxylation is 1. The number of carbonyl (C=O) groups excluding carboxylic acids is 1. The summed E-state index contributed by atoms with van der Waals surface area (Å²) in [4.78, 5) is 33.4. The largest absolute Gasteiger partial charge is 0.494 e. The second-order valence-electron chi connectivity index (χ2n) is 10.0. The van der Waals surface area contributed by atoms with Crippen LogP contribution in [0.1, 0.15) is 42.3 Å². The Kier molecular flexibility index (Phi) is 7.39. The molecule has 212 valence electrons. The van der Waals surface area contributed by atoms with Crippen molar-refractivity contribution < 1.29 is 14.3 Å². The number of carbonyl (C=O) groups is 1. The van der Waals surface area contributed by atoms with E-state index in [2.05, 4.69) is 23.6 Å². The molecule has 0 aliphatic carbocycles. The molecule has 6 rings (SSSR count). The van der Waals surface area contributed by atoms with E-state index < -0.39 is 12.0 Å². The van der Waals surface area contributed by atoms with Crippen molar-refractivity contribution in [3.05, 3.63) is 127 Å². The predicted octanol–water partition coefficient (Wildman–Crippen LogP) is 5.13. The second kappa shape index (κ2) is 11.3. The molecule has 2 aromatic heterocycles. The average molecular weight is 578 g/mol. The van der Waals surface area contributed by atoms with E-state index in [9.17, 15) is 9.59 Å². The van der Waals surface area contributed by atoms with E-state index in [1.807, 2.05) is 86.8 Å². The maximum atomic E-state index is 14.3. The molecule has 1 aliphatic rings. The Morgan fingerprint density at radius 1 is 0.976 bits per heavy atom. The van der Waals surface area contributed by atoms with Gasteiger partial charge in [-0.05, 0) is 50.6 Å². The van der Waals surface area contributed by atoms with Crippen LogP contribution in [-0.2, 0) is 16.6 Å². The molecular formula is C34H31N3O4S. The minimum Gasteiger partial charge on any atom is -0.494 e. The van der Waals surface area contributed by atoms with E-state index in [0.29, 0.717) is 33.0 Å². The molecule has 0 unspecified atom stereocenters. The topological polar surface area (TPSA) is 74.8 Å². The first-order valence-electron chi connectivity index (χ1n) is 14.0. The van der Waals surface area contributed by atoms with Gasteiger partial charge in [0.15, 0.2) is 4.80 Å². The number of nitrogens with zero attached hydrogens (tertiary/aromatic N) is 3. The van der Waals surface area contributed by atoms with Gasteiger partial charge in [0.25, 0.3) is 5.56 Å². The molecule has 1 atom stereocenters. The van der Waals surface area contributed by atoms with Crippen LogP contribution in [-0.4, -0.2) is 28.3 Å². The molecule has 3 heterocycles. The van der Waals surface area contributed by atoms with Crippen molar-refractivity contribution in [2.45, 2.75) is 26.8 Å². The molecule has 42 heavy (non-hydrogen) atoms. The fraction of sp³-hybridized carbons (Fsp3) is 0.206. The first-order valence-corrected chi connectivity index (χ1v) is 14.8. The molecule has 1 aliphatic heterocycles. The van der Waals surface area contributed by atoms with Gasteiger partial charge in [0.05, 0.1) is 35.1 Å². The van der Waals surface area contributed by atoms with Crippen molar-refractivity contribution in [3.63, 3.8) is 0 Å². The lowest BCUT2D eigenvalue weighted by molar-refractivity contribution is -0.138. The first-order chi connectivity index (χ1) is 20.4. The van der Waals surface area contributed by atoms with E-state index in [1.54, 1.807) is 11.5 Å². The highest BCUT2D eigenvalue weighted by atomic mass is 32.1. The summed E-state index contributed by atoms with van der Waals surface area (Å²) >= 11 is 1.33.